The number of aryl methyl sites for hydroxylation is 1. The summed E-state index contributed by atoms with van der Waals surface area (Å²) in [4.78, 5) is 37.4. The van der Waals surface area contributed by atoms with Crippen LogP contribution in [0.2, 0.25) is 0 Å². The molecule has 160 valence electrons. The van der Waals surface area contributed by atoms with Gasteiger partial charge in [0, 0.05) is 44.6 Å². The van der Waals surface area contributed by atoms with Gasteiger partial charge in [0.2, 0.25) is 11.8 Å². The van der Waals surface area contributed by atoms with Crippen molar-refractivity contribution in [3.63, 3.8) is 0 Å². The van der Waals surface area contributed by atoms with Gasteiger partial charge < -0.3 is 14.5 Å². The summed E-state index contributed by atoms with van der Waals surface area (Å²) in [5, 5.41) is 0. The van der Waals surface area contributed by atoms with Gasteiger partial charge in [0.15, 0.2) is 0 Å². The fourth-order valence-corrected chi connectivity index (χ4v) is 3.53. The number of benzene rings is 1. The van der Waals surface area contributed by atoms with Crippen LogP contribution < -0.4 is 0 Å². The number of hydrogen-bond donors (Lipinski definition) is 0. The Labute approximate surface area is 178 Å². The Morgan fingerprint density at radius 2 is 2.00 bits per heavy atom. The Hall–Kier alpha value is -2.80. The van der Waals surface area contributed by atoms with Crippen LogP contribution in [0.3, 0.4) is 0 Å². The third kappa shape index (κ3) is 6.62. The summed E-state index contributed by atoms with van der Waals surface area (Å²) in [6.45, 7) is 6.29. The Kier molecular flexibility index (Phi) is 7.90. The summed E-state index contributed by atoms with van der Waals surface area (Å²) in [5.41, 5.74) is 1.84. The first-order chi connectivity index (χ1) is 14.5. The highest BCUT2D eigenvalue weighted by molar-refractivity contribution is 5.85. The standard InChI is InChI=1S/C23H30N4O3/c1-18(2)13-26-14-21(30-17-19-6-4-3-5-7-19)15-27(16-23(26)29)22(28)9-8-20-12-24-10-11-25-20/h3-7,10-12,18,21H,8-9,13-17H2,1-2H3. The molecule has 3 rings (SSSR count). The molecule has 1 aromatic carbocycles. The van der Waals surface area contributed by atoms with Crippen LogP contribution in [0.25, 0.3) is 0 Å². The number of ether oxygens (including phenoxy) is 1. The van der Waals surface area contributed by atoms with E-state index in [9.17, 15) is 9.59 Å². The van der Waals surface area contributed by atoms with Gasteiger partial charge in [-0.1, -0.05) is 44.2 Å². The summed E-state index contributed by atoms with van der Waals surface area (Å²) in [5.74, 6) is 0.263. The average molecular weight is 411 g/mol. The molecule has 1 aromatic heterocycles. The van der Waals surface area contributed by atoms with Crippen LogP contribution >= 0.6 is 0 Å². The molecule has 0 saturated carbocycles. The van der Waals surface area contributed by atoms with E-state index in [2.05, 4.69) is 23.8 Å². The third-order valence-corrected chi connectivity index (χ3v) is 5.01. The van der Waals surface area contributed by atoms with E-state index in [4.69, 9.17) is 4.74 Å². The number of amides is 2. The van der Waals surface area contributed by atoms with Crippen molar-refractivity contribution in [3.8, 4) is 0 Å². The molecule has 1 atom stereocenters. The first kappa shape index (κ1) is 21.9. The van der Waals surface area contributed by atoms with Crippen molar-refractivity contribution < 1.29 is 14.3 Å². The van der Waals surface area contributed by atoms with Crippen LogP contribution in [-0.4, -0.2) is 63.9 Å². The van der Waals surface area contributed by atoms with Crippen LogP contribution in [0.1, 0.15) is 31.5 Å². The van der Waals surface area contributed by atoms with Crippen LogP contribution in [0.5, 0.6) is 0 Å². The normalized spacial score (nSPS) is 17.3. The van der Waals surface area contributed by atoms with Crippen molar-refractivity contribution in [1.29, 1.82) is 0 Å². The van der Waals surface area contributed by atoms with Gasteiger partial charge in [-0.2, -0.15) is 0 Å². The Bertz CT molecular complexity index is 814. The number of rotatable bonds is 8. The maximum Gasteiger partial charge on any atom is 0.242 e. The zero-order valence-electron chi connectivity index (χ0n) is 17.7. The fraction of sp³-hybridized carbons (Fsp3) is 0.478. The molecule has 1 aliphatic heterocycles. The molecular formula is C23H30N4O3. The van der Waals surface area contributed by atoms with Crippen LogP contribution in [0, 0.1) is 5.92 Å². The summed E-state index contributed by atoms with van der Waals surface area (Å²) < 4.78 is 6.14. The highest BCUT2D eigenvalue weighted by atomic mass is 16.5. The Balaban J connectivity index is 1.65. The lowest BCUT2D eigenvalue weighted by Crippen LogP contribution is -2.40. The second kappa shape index (κ2) is 10.8. The van der Waals surface area contributed by atoms with Crippen molar-refractivity contribution in [1.82, 2.24) is 19.8 Å². The molecule has 1 saturated heterocycles. The second-order valence-electron chi connectivity index (χ2n) is 8.08. The number of hydrogen-bond acceptors (Lipinski definition) is 5. The Morgan fingerprint density at radius 1 is 1.20 bits per heavy atom. The molecule has 7 nitrogen and oxygen atoms in total. The number of aromatic nitrogens is 2. The lowest BCUT2D eigenvalue weighted by molar-refractivity contribution is -0.139. The zero-order chi connectivity index (χ0) is 21.3. The maximum absolute atomic E-state index is 12.9. The molecule has 0 N–H and O–H groups in total. The molecule has 0 spiro atoms. The van der Waals surface area contributed by atoms with Gasteiger partial charge in [-0.05, 0) is 17.9 Å². The minimum Gasteiger partial charge on any atom is -0.370 e. The summed E-state index contributed by atoms with van der Waals surface area (Å²) in [7, 11) is 0. The maximum atomic E-state index is 12.9. The molecular weight excluding hydrogens is 380 g/mol. The van der Waals surface area contributed by atoms with Crippen LogP contribution in [-0.2, 0) is 27.4 Å². The van der Waals surface area contributed by atoms with Crippen molar-refractivity contribution in [2.75, 3.05) is 26.2 Å². The van der Waals surface area contributed by atoms with Gasteiger partial charge in [-0.25, -0.2) is 0 Å². The lowest BCUT2D eigenvalue weighted by atomic mass is 10.2. The van der Waals surface area contributed by atoms with Crippen LogP contribution in [0.15, 0.2) is 48.9 Å². The van der Waals surface area contributed by atoms with Gasteiger partial charge >= 0.3 is 0 Å². The van der Waals surface area contributed by atoms with Crippen molar-refractivity contribution in [3.05, 3.63) is 60.2 Å². The molecule has 1 unspecified atom stereocenters. The van der Waals surface area contributed by atoms with E-state index in [0.717, 1.165) is 11.3 Å². The van der Waals surface area contributed by atoms with E-state index in [0.29, 0.717) is 45.0 Å². The topological polar surface area (TPSA) is 75.6 Å². The van der Waals surface area contributed by atoms with E-state index in [1.807, 2.05) is 35.2 Å². The van der Waals surface area contributed by atoms with Gasteiger partial charge in [0.05, 0.1) is 24.9 Å². The largest absolute Gasteiger partial charge is 0.370 e. The number of nitrogens with zero attached hydrogens (tertiary/aromatic N) is 4. The first-order valence-electron chi connectivity index (χ1n) is 10.5. The molecule has 0 radical (unpaired) electrons. The van der Waals surface area contributed by atoms with E-state index in [1.54, 1.807) is 23.5 Å². The fourth-order valence-electron chi connectivity index (χ4n) is 3.53. The SMILES string of the molecule is CC(C)CN1CC(OCc2ccccc2)CN(C(=O)CCc2cnccn2)CC1=O. The predicted molar refractivity (Wildman–Crippen MR) is 113 cm³/mol. The minimum absolute atomic E-state index is 0.0256. The molecule has 1 fully saturated rings. The Morgan fingerprint density at radius 3 is 2.70 bits per heavy atom. The van der Waals surface area contributed by atoms with Crippen molar-refractivity contribution >= 4 is 11.8 Å². The molecule has 7 heteroatoms. The van der Waals surface area contributed by atoms with Gasteiger partial charge in [0.25, 0.3) is 0 Å². The van der Waals surface area contributed by atoms with E-state index in [-0.39, 0.29) is 24.5 Å². The van der Waals surface area contributed by atoms with Crippen molar-refractivity contribution in [2.24, 2.45) is 5.92 Å². The smallest absolute Gasteiger partial charge is 0.242 e. The average Bonchev–Trinajstić information content (AvgIpc) is 2.90. The van der Waals surface area contributed by atoms with E-state index in [1.165, 1.54) is 0 Å². The van der Waals surface area contributed by atoms with Gasteiger partial charge in [-0.3, -0.25) is 19.6 Å². The summed E-state index contributed by atoms with van der Waals surface area (Å²) in [6, 6.07) is 9.94. The quantitative estimate of drug-likeness (QED) is 0.668. The van der Waals surface area contributed by atoms with E-state index >= 15 is 0 Å². The molecule has 2 heterocycles. The second-order valence-corrected chi connectivity index (χ2v) is 8.08. The van der Waals surface area contributed by atoms with Gasteiger partial charge in [0.1, 0.15) is 0 Å². The number of carbonyl (C=O) groups excluding carboxylic acids is 2. The van der Waals surface area contributed by atoms with Crippen LogP contribution in [0.4, 0.5) is 0 Å². The third-order valence-electron chi connectivity index (χ3n) is 5.01. The van der Waals surface area contributed by atoms with Gasteiger partial charge in [-0.15, -0.1) is 0 Å². The predicted octanol–water partition coefficient (Wildman–Crippen LogP) is 2.32. The minimum atomic E-state index is -0.226. The molecule has 0 bridgehead atoms. The highest BCUT2D eigenvalue weighted by Gasteiger charge is 2.31. The summed E-state index contributed by atoms with van der Waals surface area (Å²) >= 11 is 0. The monoisotopic (exact) mass is 410 g/mol. The van der Waals surface area contributed by atoms with E-state index < -0.39 is 0 Å². The van der Waals surface area contributed by atoms with Crippen molar-refractivity contribution in [2.45, 2.75) is 39.4 Å². The summed E-state index contributed by atoms with van der Waals surface area (Å²) in [6.07, 6.45) is 5.46. The lowest BCUT2D eigenvalue weighted by Gasteiger charge is -2.26. The molecule has 2 aromatic rings. The number of carbonyl (C=O) groups is 2. The molecule has 30 heavy (non-hydrogen) atoms. The zero-order valence-corrected chi connectivity index (χ0v) is 17.7. The first-order valence-corrected chi connectivity index (χ1v) is 10.5. The molecule has 1 aliphatic rings. The molecule has 0 aliphatic carbocycles. The molecule has 2 amide bonds. The highest BCUT2D eigenvalue weighted by Crippen LogP contribution is 2.14.